The smallest absolute Gasteiger partial charge is 0.355 e. The van der Waals surface area contributed by atoms with Crippen molar-refractivity contribution < 1.29 is 22.9 Å². The highest BCUT2D eigenvalue weighted by Gasteiger charge is 2.30. The lowest BCUT2D eigenvalue weighted by Gasteiger charge is -2.10. The molecule has 3 N–H and O–H groups in total. The minimum absolute atomic E-state index is 0.0323. The number of hydrogen-bond donors (Lipinski definition) is 2. The van der Waals surface area contributed by atoms with E-state index in [9.17, 15) is 22.9 Å². The lowest BCUT2D eigenvalue weighted by molar-refractivity contribution is 0.0691. The molecule has 2 aromatic heterocycles. The third-order valence-corrected chi connectivity index (χ3v) is 8.97. The van der Waals surface area contributed by atoms with Crippen molar-refractivity contribution in [3.05, 3.63) is 81.5 Å². The van der Waals surface area contributed by atoms with Crippen LogP contribution in [-0.4, -0.2) is 25.8 Å². The van der Waals surface area contributed by atoms with Crippen LogP contribution in [0.3, 0.4) is 0 Å². The van der Waals surface area contributed by atoms with Gasteiger partial charge in [0.05, 0.1) is 11.4 Å². The number of nitrogens with two attached hydrogens (primary N) is 1. The van der Waals surface area contributed by atoms with Crippen molar-refractivity contribution in [1.29, 1.82) is 0 Å². The van der Waals surface area contributed by atoms with E-state index in [2.05, 4.69) is 4.98 Å². The maximum atomic E-state index is 14.7. The number of carboxylic acids is 1. The standard InChI is InChI=1S/C28H26F2N4O3S2/c29-21-7-6-18(13-19(21)9-15-1-2-15)26-20(10-17-5-8-25(39(31)37)22(30)11-17)24(12-16-3-4-16)34(33-26)28-32-23(14-38-28)27(35)36/h5-8,11,13-16H,1-4,9-10,12H2,(H2,31,37)(H,35,36)/p+1. The van der Waals surface area contributed by atoms with Gasteiger partial charge in [0.2, 0.25) is 10.0 Å². The summed E-state index contributed by atoms with van der Waals surface area (Å²) in [4.78, 5) is 15.8. The van der Waals surface area contributed by atoms with Crippen molar-refractivity contribution in [2.45, 2.75) is 49.8 Å². The van der Waals surface area contributed by atoms with Crippen LogP contribution in [0, 0.1) is 23.5 Å². The number of thiazole rings is 1. The van der Waals surface area contributed by atoms with E-state index >= 15 is 0 Å². The van der Waals surface area contributed by atoms with Crippen LogP contribution in [0.25, 0.3) is 16.4 Å². The first-order chi connectivity index (χ1) is 18.8. The summed E-state index contributed by atoms with van der Waals surface area (Å²) in [6, 6.07) is 9.50. The molecule has 39 heavy (non-hydrogen) atoms. The Morgan fingerprint density at radius 3 is 2.46 bits per heavy atom. The average molecular weight is 570 g/mol. The van der Waals surface area contributed by atoms with Crippen molar-refractivity contribution in [1.82, 2.24) is 14.8 Å². The van der Waals surface area contributed by atoms with E-state index in [4.69, 9.17) is 10.2 Å². The first-order valence-electron chi connectivity index (χ1n) is 12.9. The lowest BCUT2D eigenvalue weighted by Crippen LogP contribution is -2.07. The Balaban J connectivity index is 1.50. The van der Waals surface area contributed by atoms with E-state index in [1.54, 1.807) is 16.8 Å². The van der Waals surface area contributed by atoms with E-state index in [1.165, 1.54) is 34.9 Å². The molecule has 0 bridgehead atoms. The number of hydrogen-bond acceptors (Lipinski definition) is 5. The summed E-state index contributed by atoms with van der Waals surface area (Å²) in [5, 5.41) is 21.7. The largest absolute Gasteiger partial charge is 0.476 e. The zero-order valence-electron chi connectivity index (χ0n) is 20.9. The molecule has 1 atom stereocenters. The van der Waals surface area contributed by atoms with Gasteiger partial charge in [-0.3, -0.25) is 0 Å². The van der Waals surface area contributed by atoms with Crippen molar-refractivity contribution in [2.75, 3.05) is 0 Å². The number of aromatic carboxylic acids is 1. The predicted octanol–water partition coefficient (Wildman–Crippen LogP) is 5.40. The molecule has 0 spiro atoms. The Morgan fingerprint density at radius 1 is 1.08 bits per heavy atom. The molecular weight excluding hydrogens is 542 g/mol. The summed E-state index contributed by atoms with van der Waals surface area (Å²) in [5.74, 6) is -1.04. The molecule has 6 rings (SSSR count). The van der Waals surface area contributed by atoms with Gasteiger partial charge in [-0.2, -0.15) is 5.10 Å². The van der Waals surface area contributed by atoms with Crippen LogP contribution >= 0.6 is 11.3 Å². The molecule has 0 radical (unpaired) electrons. The Hall–Kier alpha value is -3.28. The van der Waals surface area contributed by atoms with Crippen LogP contribution in [0.15, 0.2) is 46.7 Å². The fourth-order valence-corrected chi connectivity index (χ4v) is 6.15. The van der Waals surface area contributed by atoms with Crippen LogP contribution in [0.4, 0.5) is 8.78 Å². The fourth-order valence-electron chi connectivity index (χ4n) is 4.88. The van der Waals surface area contributed by atoms with E-state index in [1.807, 2.05) is 6.07 Å². The van der Waals surface area contributed by atoms with Gasteiger partial charge < -0.3 is 5.11 Å². The van der Waals surface area contributed by atoms with Gasteiger partial charge in [0.25, 0.3) is 0 Å². The third-order valence-electron chi connectivity index (χ3n) is 7.32. The third kappa shape index (κ3) is 5.57. The summed E-state index contributed by atoms with van der Waals surface area (Å²) in [5.41, 5.74) is 4.33. The van der Waals surface area contributed by atoms with Crippen molar-refractivity contribution >= 4 is 28.3 Å². The molecule has 7 nitrogen and oxygen atoms in total. The van der Waals surface area contributed by atoms with Crippen LogP contribution in [0.1, 0.15) is 58.6 Å². The second kappa shape index (κ2) is 10.4. The monoisotopic (exact) mass is 569 g/mol. The summed E-state index contributed by atoms with van der Waals surface area (Å²) < 4.78 is 42.8. The van der Waals surface area contributed by atoms with Crippen molar-refractivity contribution in [3.8, 4) is 16.4 Å². The normalized spacial score (nSPS) is 16.0. The van der Waals surface area contributed by atoms with Crippen LogP contribution in [0.2, 0.25) is 0 Å². The molecule has 2 saturated carbocycles. The minimum atomic E-state index is -2.31. The van der Waals surface area contributed by atoms with Gasteiger partial charge in [-0.05, 0) is 91.8 Å². The Kier molecular flexibility index (Phi) is 6.90. The van der Waals surface area contributed by atoms with E-state index in [0.29, 0.717) is 53.1 Å². The molecule has 0 saturated heterocycles. The Labute approximate surface area is 230 Å². The summed E-state index contributed by atoms with van der Waals surface area (Å²) in [6.07, 6.45) is 6.04. The zero-order valence-corrected chi connectivity index (χ0v) is 22.7. The maximum Gasteiger partial charge on any atom is 0.355 e. The van der Waals surface area contributed by atoms with Gasteiger partial charge in [0.15, 0.2) is 22.5 Å². The number of carbonyl (C=O) groups is 1. The minimum Gasteiger partial charge on any atom is -0.476 e. The summed E-state index contributed by atoms with van der Waals surface area (Å²) in [6.45, 7) is 0. The molecule has 11 heteroatoms. The molecule has 2 fully saturated rings. The van der Waals surface area contributed by atoms with Crippen molar-refractivity contribution in [2.24, 2.45) is 17.0 Å². The molecule has 2 aliphatic rings. The number of benzene rings is 2. The van der Waals surface area contributed by atoms with Gasteiger partial charge in [0.1, 0.15) is 5.82 Å². The summed E-state index contributed by atoms with van der Waals surface area (Å²) >= 11 is 1.19. The molecule has 2 aromatic carbocycles. The number of halogens is 2. The van der Waals surface area contributed by atoms with Crippen LogP contribution in [-0.2, 0) is 34.5 Å². The molecule has 4 aromatic rings. The van der Waals surface area contributed by atoms with E-state index in [-0.39, 0.29) is 16.4 Å². The van der Waals surface area contributed by atoms with Crippen LogP contribution < -0.4 is 5.14 Å². The zero-order chi connectivity index (χ0) is 27.3. The van der Waals surface area contributed by atoms with Gasteiger partial charge >= 0.3 is 5.97 Å². The number of thiol groups is 1. The van der Waals surface area contributed by atoms with Crippen molar-refractivity contribution in [3.63, 3.8) is 0 Å². The van der Waals surface area contributed by atoms with E-state index < -0.39 is 22.8 Å². The molecule has 0 amide bonds. The Bertz CT molecular complexity index is 1610. The Morgan fingerprint density at radius 2 is 1.82 bits per heavy atom. The topological polar surface area (TPSA) is 111 Å². The first-order valence-corrected chi connectivity index (χ1v) is 15.1. The maximum absolute atomic E-state index is 14.7. The molecule has 2 aliphatic carbocycles. The number of aromatic nitrogens is 3. The molecule has 2 heterocycles. The highest BCUT2D eigenvalue weighted by Crippen LogP contribution is 2.39. The fraction of sp³-hybridized carbons (Fsp3) is 0.321. The predicted molar refractivity (Wildman–Crippen MR) is 146 cm³/mol. The van der Waals surface area contributed by atoms with Gasteiger partial charge in [0, 0.05) is 22.9 Å². The molecular formula is C28H27F2N4O3S2+. The number of rotatable bonds is 10. The first kappa shape index (κ1) is 26.0. The van der Waals surface area contributed by atoms with Gasteiger partial charge in [-0.1, -0.05) is 10.3 Å². The highest BCUT2D eigenvalue weighted by molar-refractivity contribution is 7.82. The average Bonchev–Trinajstić information content (AvgIpc) is 3.81. The number of carboxylic acid groups (broad SMARTS) is 1. The molecule has 0 aliphatic heterocycles. The van der Waals surface area contributed by atoms with Crippen LogP contribution in [0.5, 0.6) is 0 Å². The van der Waals surface area contributed by atoms with Gasteiger partial charge in [-0.15, -0.1) is 16.5 Å². The number of nitrogens with zero attached hydrogens (tertiary/aromatic N) is 3. The lowest BCUT2D eigenvalue weighted by atomic mass is 9.95. The highest BCUT2D eigenvalue weighted by atomic mass is 32.2. The quantitative estimate of drug-likeness (QED) is 0.196. The second-order valence-corrected chi connectivity index (χ2v) is 12.4. The summed E-state index contributed by atoms with van der Waals surface area (Å²) in [7, 11) is -2.31. The van der Waals surface area contributed by atoms with Gasteiger partial charge in [-0.25, -0.2) is 23.2 Å². The molecule has 1 unspecified atom stereocenters. The van der Waals surface area contributed by atoms with E-state index in [0.717, 1.165) is 42.5 Å². The molecule has 202 valence electrons. The second-order valence-electron chi connectivity index (χ2n) is 10.4. The SMILES string of the molecule is N[SH+](=O)c1ccc(Cc2c(-c3ccc(F)c(CC4CC4)c3)nn(-c3nc(C(=O)O)cs3)c2CC2CC2)cc1F.